The quantitative estimate of drug-likeness (QED) is 0.657. The Bertz CT molecular complexity index is 396. The number of hydrogen-bond donors (Lipinski definition) is 1. The molecule has 0 aliphatic rings. The Morgan fingerprint density at radius 2 is 2.00 bits per heavy atom. The van der Waals surface area contributed by atoms with Gasteiger partial charge in [-0.05, 0) is 13.3 Å². The van der Waals surface area contributed by atoms with Crippen LogP contribution in [0.2, 0.25) is 0 Å². The van der Waals surface area contributed by atoms with E-state index in [2.05, 4.69) is 15.3 Å². The highest BCUT2D eigenvalue weighted by molar-refractivity contribution is 7.99. The van der Waals surface area contributed by atoms with Crippen molar-refractivity contribution in [3.05, 3.63) is 11.9 Å². The van der Waals surface area contributed by atoms with Crippen LogP contribution in [0.15, 0.2) is 11.1 Å². The molecule has 0 bridgehead atoms. The molecule has 1 rings (SSSR count). The van der Waals surface area contributed by atoms with Gasteiger partial charge in [-0.2, -0.15) is 13.2 Å². The van der Waals surface area contributed by atoms with Gasteiger partial charge in [0.05, 0.1) is 0 Å². The van der Waals surface area contributed by atoms with Crippen LogP contribution >= 0.6 is 11.8 Å². The van der Waals surface area contributed by atoms with Gasteiger partial charge in [-0.15, -0.1) is 11.8 Å². The van der Waals surface area contributed by atoms with Crippen LogP contribution in [-0.4, -0.2) is 21.8 Å². The smallest absolute Gasteiger partial charge is 0.370 e. The maximum absolute atomic E-state index is 12.6. The molecule has 0 aliphatic heterocycles. The van der Waals surface area contributed by atoms with E-state index in [1.54, 1.807) is 13.0 Å². The Morgan fingerprint density at radius 1 is 1.33 bits per heavy atom. The summed E-state index contributed by atoms with van der Waals surface area (Å²) in [5, 5.41) is 3.35. The van der Waals surface area contributed by atoms with E-state index >= 15 is 0 Å². The first-order valence-electron chi connectivity index (χ1n) is 5.73. The summed E-state index contributed by atoms with van der Waals surface area (Å²) < 4.78 is 37.9. The van der Waals surface area contributed by atoms with Gasteiger partial charge in [0, 0.05) is 17.9 Å². The first kappa shape index (κ1) is 15.1. The monoisotopic (exact) mass is 279 g/mol. The molecule has 1 aromatic heterocycles. The molecule has 0 saturated heterocycles. The number of nitrogens with zero attached hydrogens (tertiary/aromatic N) is 2. The highest BCUT2D eigenvalue weighted by atomic mass is 32.2. The maximum Gasteiger partial charge on any atom is 0.451 e. The van der Waals surface area contributed by atoms with E-state index in [0.29, 0.717) is 11.6 Å². The van der Waals surface area contributed by atoms with Crippen molar-refractivity contribution < 1.29 is 13.2 Å². The lowest BCUT2D eigenvalue weighted by molar-refractivity contribution is -0.145. The minimum atomic E-state index is -4.52. The van der Waals surface area contributed by atoms with Gasteiger partial charge in [0.15, 0.2) is 0 Å². The molecular weight excluding hydrogens is 263 g/mol. The van der Waals surface area contributed by atoms with Gasteiger partial charge >= 0.3 is 6.18 Å². The molecule has 1 unspecified atom stereocenters. The zero-order valence-corrected chi connectivity index (χ0v) is 11.3. The highest BCUT2D eigenvalue weighted by Gasteiger charge is 2.35. The average molecular weight is 279 g/mol. The van der Waals surface area contributed by atoms with Crippen molar-refractivity contribution in [2.45, 2.75) is 43.6 Å². The van der Waals surface area contributed by atoms with E-state index in [1.165, 1.54) is 11.8 Å². The molecule has 7 heteroatoms. The van der Waals surface area contributed by atoms with E-state index in [9.17, 15) is 13.2 Å². The fourth-order valence-corrected chi connectivity index (χ4v) is 2.07. The second-order valence-corrected chi connectivity index (χ2v) is 5.24. The minimum Gasteiger partial charge on any atom is -0.370 e. The van der Waals surface area contributed by atoms with Crippen molar-refractivity contribution in [2.75, 3.05) is 11.9 Å². The van der Waals surface area contributed by atoms with Crippen molar-refractivity contribution in [1.29, 1.82) is 0 Å². The third-order valence-corrected chi connectivity index (χ3v) is 3.40. The summed E-state index contributed by atoms with van der Waals surface area (Å²) in [6.45, 7) is 6.25. The van der Waals surface area contributed by atoms with Crippen molar-refractivity contribution >= 4 is 17.6 Å². The molecule has 0 saturated carbocycles. The van der Waals surface area contributed by atoms with Crippen LogP contribution in [0.25, 0.3) is 0 Å². The fraction of sp³-hybridized carbons (Fsp3) is 0.636. The first-order valence-corrected chi connectivity index (χ1v) is 6.61. The summed E-state index contributed by atoms with van der Waals surface area (Å²) in [6, 6.07) is 1.55. The lowest BCUT2D eigenvalue weighted by Gasteiger charge is -2.12. The molecule has 18 heavy (non-hydrogen) atoms. The number of aromatic nitrogens is 2. The highest BCUT2D eigenvalue weighted by Crippen LogP contribution is 2.31. The summed E-state index contributed by atoms with van der Waals surface area (Å²) in [5.74, 6) is -0.877. The van der Waals surface area contributed by atoms with Crippen LogP contribution in [-0.2, 0) is 6.18 Å². The molecule has 0 aromatic carbocycles. The van der Waals surface area contributed by atoms with E-state index in [-0.39, 0.29) is 11.1 Å². The molecule has 0 radical (unpaired) electrons. The number of anilines is 1. The Hall–Kier alpha value is -0.980. The van der Waals surface area contributed by atoms with Gasteiger partial charge in [-0.1, -0.05) is 13.8 Å². The summed E-state index contributed by atoms with van der Waals surface area (Å²) in [4.78, 5) is 7.03. The third kappa shape index (κ3) is 4.36. The largest absolute Gasteiger partial charge is 0.451 e. The Morgan fingerprint density at radius 3 is 2.50 bits per heavy atom. The number of thioether (sulfide) groups is 1. The standard InChI is InChI=1S/C11H16F3N3S/c1-4-7(3)18-9-6-8(15-5-2)16-10(17-9)11(12,13)14/h6-7H,4-5H2,1-3H3,(H,15,16,17). The normalized spacial score (nSPS) is 13.4. The van der Waals surface area contributed by atoms with E-state index in [1.807, 2.05) is 13.8 Å². The Kier molecular flexibility index (Phi) is 5.25. The summed E-state index contributed by atoms with van der Waals surface area (Å²) >= 11 is 1.32. The minimum absolute atomic E-state index is 0.214. The topological polar surface area (TPSA) is 37.8 Å². The second kappa shape index (κ2) is 6.26. The number of alkyl halides is 3. The lowest BCUT2D eigenvalue weighted by atomic mass is 10.4. The fourth-order valence-electron chi connectivity index (χ4n) is 1.17. The summed E-state index contributed by atoms with van der Waals surface area (Å²) in [7, 11) is 0. The molecule has 0 aliphatic carbocycles. The first-order chi connectivity index (χ1) is 8.36. The molecule has 1 heterocycles. The molecule has 0 fully saturated rings. The average Bonchev–Trinajstić information content (AvgIpc) is 2.27. The van der Waals surface area contributed by atoms with E-state index in [0.717, 1.165) is 6.42 Å². The van der Waals surface area contributed by atoms with Crippen LogP contribution in [0, 0.1) is 0 Å². The van der Waals surface area contributed by atoms with Gasteiger partial charge < -0.3 is 5.32 Å². The van der Waals surface area contributed by atoms with Crippen LogP contribution in [0.5, 0.6) is 0 Å². The van der Waals surface area contributed by atoms with Gasteiger partial charge in [0.25, 0.3) is 0 Å². The molecule has 0 spiro atoms. The SMILES string of the molecule is CCNc1cc(SC(C)CC)nc(C(F)(F)F)n1. The van der Waals surface area contributed by atoms with Crippen LogP contribution < -0.4 is 5.32 Å². The van der Waals surface area contributed by atoms with E-state index in [4.69, 9.17) is 0 Å². The Balaban J connectivity index is 3.06. The number of halogens is 3. The van der Waals surface area contributed by atoms with Gasteiger partial charge in [0.2, 0.25) is 5.82 Å². The molecule has 1 N–H and O–H groups in total. The molecule has 1 atom stereocenters. The second-order valence-electron chi connectivity index (χ2n) is 3.78. The Labute approximate surface area is 109 Å². The molecular formula is C11H16F3N3S. The van der Waals surface area contributed by atoms with Crippen molar-refractivity contribution in [1.82, 2.24) is 9.97 Å². The van der Waals surface area contributed by atoms with E-state index < -0.39 is 12.0 Å². The number of nitrogens with one attached hydrogen (secondary N) is 1. The molecule has 3 nitrogen and oxygen atoms in total. The zero-order valence-electron chi connectivity index (χ0n) is 10.5. The predicted molar refractivity (Wildman–Crippen MR) is 66.8 cm³/mol. The van der Waals surface area contributed by atoms with Crippen molar-refractivity contribution in [2.24, 2.45) is 0 Å². The zero-order chi connectivity index (χ0) is 13.8. The van der Waals surface area contributed by atoms with Gasteiger partial charge in [0.1, 0.15) is 10.8 Å². The number of rotatable bonds is 5. The van der Waals surface area contributed by atoms with Crippen LogP contribution in [0.3, 0.4) is 0 Å². The molecule has 102 valence electrons. The lowest BCUT2D eigenvalue weighted by Crippen LogP contribution is -2.14. The maximum atomic E-state index is 12.6. The van der Waals surface area contributed by atoms with Gasteiger partial charge in [-0.3, -0.25) is 0 Å². The summed E-state index contributed by atoms with van der Waals surface area (Å²) in [6.07, 6.45) is -3.65. The predicted octanol–water partition coefficient (Wildman–Crippen LogP) is 3.82. The van der Waals surface area contributed by atoms with Crippen LogP contribution in [0.1, 0.15) is 33.0 Å². The summed E-state index contributed by atoms with van der Waals surface area (Å²) in [5.41, 5.74) is 0. The van der Waals surface area contributed by atoms with Crippen molar-refractivity contribution in [3.63, 3.8) is 0 Å². The molecule has 1 aromatic rings. The van der Waals surface area contributed by atoms with Crippen molar-refractivity contribution in [3.8, 4) is 0 Å². The van der Waals surface area contributed by atoms with Gasteiger partial charge in [-0.25, -0.2) is 9.97 Å². The van der Waals surface area contributed by atoms with Crippen LogP contribution in [0.4, 0.5) is 19.0 Å². The molecule has 0 amide bonds. The number of hydrogen-bond acceptors (Lipinski definition) is 4. The third-order valence-electron chi connectivity index (χ3n) is 2.21.